The summed E-state index contributed by atoms with van der Waals surface area (Å²) in [6.45, 7) is -1.43. The van der Waals surface area contributed by atoms with Gasteiger partial charge in [0.05, 0.1) is 30.3 Å². The maximum absolute atomic E-state index is 12.9. The van der Waals surface area contributed by atoms with Crippen LogP contribution in [0.4, 0.5) is 13.2 Å². The summed E-state index contributed by atoms with van der Waals surface area (Å²) in [5, 5.41) is 2.18. The molecule has 132 valence electrons. The molecule has 0 saturated carbocycles. The molecule has 0 unspecified atom stereocenters. The van der Waals surface area contributed by atoms with Crippen LogP contribution < -0.4 is 15.2 Å². The van der Waals surface area contributed by atoms with E-state index in [1.54, 1.807) is 17.5 Å². The number of thiophene rings is 1. The number of hydrogen-bond donors (Lipinski definition) is 0. The number of methoxy groups -OCH3 is 2. The molecule has 25 heavy (non-hydrogen) atoms. The Labute approximate surface area is 144 Å². The van der Waals surface area contributed by atoms with Crippen molar-refractivity contribution in [2.45, 2.75) is 12.7 Å². The molecule has 1 aromatic carbocycles. The molecule has 0 bridgehead atoms. The zero-order valence-electron chi connectivity index (χ0n) is 13.3. The SMILES string of the molecule is COc1cc2c(-c3cccs3)nc(=O)n(CC(F)(F)F)c2cc1OC. The highest BCUT2D eigenvalue weighted by molar-refractivity contribution is 7.13. The molecule has 0 spiro atoms. The molecule has 2 heterocycles. The number of ether oxygens (including phenoxy) is 2. The van der Waals surface area contributed by atoms with Crippen LogP contribution in [0.15, 0.2) is 34.4 Å². The first kappa shape index (κ1) is 17.3. The van der Waals surface area contributed by atoms with Gasteiger partial charge in [-0.3, -0.25) is 4.57 Å². The third-order valence-corrected chi connectivity index (χ3v) is 4.45. The van der Waals surface area contributed by atoms with Gasteiger partial charge in [-0.05, 0) is 17.5 Å². The number of halogens is 3. The molecule has 3 aromatic rings. The van der Waals surface area contributed by atoms with Crippen molar-refractivity contribution < 1.29 is 22.6 Å². The standard InChI is InChI=1S/C16H13F3N2O3S/c1-23-11-6-9-10(7-12(11)24-2)21(8-16(17,18)19)15(22)20-14(9)13-4-3-5-25-13/h3-7H,8H2,1-2H3. The first-order valence-electron chi connectivity index (χ1n) is 7.11. The van der Waals surface area contributed by atoms with Crippen molar-refractivity contribution in [1.29, 1.82) is 0 Å². The van der Waals surface area contributed by atoms with E-state index in [-0.39, 0.29) is 11.3 Å². The van der Waals surface area contributed by atoms with Crippen LogP contribution in [-0.4, -0.2) is 29.9 Å². The van der Waals surface area contributed by atoms with Crippen molar-refractivity contribution in [3.63, 3.8) is 0 Å². The lowest BCUT2D eigenvalue weighted by molar-refractivity contribution is -0.140. The fourth-order valence-electron chi connectivity index (χ4n) is 2.53. The number of nitrogens with zero attached hydrogens (tertiary/aromatic N) is 2. The zero-order valence-corrected chi connectivity index (χ0v) is 14.1. The molecular formula is C16H13F3N2O3S. The summed E-state index contributed by atoms with van der Waals surface area (Å²) in [4.78, 5) is 16.8. The molecule has 2 aromatic heterocycles. The van der Waals surface area contributed by atoms with E-state index in [0.717, 1.165) is 0 Å². The summed E-state index contributed by atoms with van der Waals surface area (Å²) in [5.41, 5.74) is -0.576. The lowest BCUT2D eigenvalue weighted by atomic mass is 10.1. The summed E-state index contributed by atoms with van der Waals surface area (Å²) < 4.78 is 49.7. The van der Waals surface area contributed by atoms with Crippen LogP contribution in [0.25, 0.3) is 21.5 Å². The molecule has 0 atom stereocenters. The average Bonchev–Trinajstić information content (AvgIpc) is 3.09. The fraction of sp³-hybridized carbons (Fsp3) is 0.250. The topological polar surface area (TPSA) is 53.3 Å². The molecule has 9 heteroatoms. The number of rotatable bonds is 4. The highest BCUT2D eigenvalue weighted by atomic mass is 32.1. The number of hydrogen-bond acceptors (Lipinski definition) is 5. The number of aromatic nitrogens is 2. The van der Waals surface area contributed by atoms with Crippen LogP contribution in [0, 0.1) is 0 Å². The lowest BCUT2D eigenvalue weighted by Crippen LogP contribution is -2.30. The molecule has 0 fully saturated rings. The van der Waals surface area contributed by atoms with Gasteiger partial charge in [0.25, 0.3) is 0 Å². The molecule has 0 N–H and O–H groups in total. The van der Waals surface area contributed by atoms with Crippen LogP contribution in [0.2, 0.25) is 0 Å². The average molecular weight is 370 g/mol. The Bertz CT molecular complexity index is 965. The molecule has 0 aliphatic heterocycles. The molecule has 5 nitrogen and oxygen atoms in total. The van der Waals surface area contributed by atoms with Crippen LogP contribution >= 0.6 is 11.3 Å². The van der Waals surface area contributed by atoms with Gasteiger partial charge in [-0.25, -0.2) is 4.79 Å². The molecule has 0 aliphatic carbocycles. The largest absolute Gasteiger partial charge is 0.493 e. The van der Waals surface area contributed by atoms with Crippen LogP contribution in [-0.2, 0) is 6.54 Å². The number of benzene rings is 1. The van der Waals surface area contributed by atoms with Gasteiger partial charge in [-0.2, -0.15) is 18.2 Å². The Hall–Kier alpha value is -2.55. The molecule has 0 amide bonds. The van der Waals surface area contributed by atoms with E-state index >= 15 is 0 Å². The van der Waals surface area contributed by atoms with E-state index in [1.165, 1.54) is 37.7 Å². The quantitative estimate of drug-likeness (QED) is 0.703. The maximum Gasteiger partial charge on any atom is 0.406 e. The monoisotopic (exact) mass is 370 g/mol. The predicted octanol–water partition coefficient (Wildman–Crippen LogP) is 3.70. The Morgan fingerprint density at radius 1 is 1.20 bits per heavy atom. The molecule has 0 aliphatic rings. The van der Waals surface area contributed by atoms with Gasteiger partial charge in [-0.15, -0.1) is 11.3 Å². The van der Waals surface area contributed by atoms with Crippen LogP contribution in [0.3, 0.4) is 0 Å². The first-order valence-corrected chi connectivity index (χ1v) is 7.99. The predicted molar refractivity (Wildman–Crippen MR) is 88.5 cm³/mol. The van der Waals surface area contributed by atoms with Gasteiger partial charge in [-0.1, -0.05) is 6.07 Å². The van der Waals surface area contributed by atoms with E-state index in [0.29, 0.717) is 26.3 Å². The second kappa shape index (κ2) is 6.40. The lowest BCUT2D eigenvalue weighted by Gasteiger charge is -2.16. The summed E-state index contributed by atoms with van der Waals surface area (Å²) in [6, 6.07) is 6.41. The second-order valence-electron chi connectivity index (χ2n) is 5.15. The molecule has 0 radical (unpaired) electrons. The van der Waals surface area contributed by atoms with Gasteiger partial charge >= 0.3 is 11.9 Å². The minimum atomic E-state index is -4.56. The normalized spacial score (nSPS) is 11.7. The van der Waals surface area contributed by atoms with Crippen molar-refractivity contribution in [3.05, 3.63) is 40.1 Å². The second-order valence-corrected chi connectivity index (χ2v) is 6.09. The van der Waals surface area contributed by atoms with Gasteiger partial charge in [0.2, 0.25) is 0 Å². The van der Waals surface area contributed by atoms with E-state index in [1.807, 2.05) is 0 Å². The van der Waals surface area contributed by atoms with Crippen molar-refractivity contribution in [2.24, 2.45) is 0 Å². The van der Waals surface area contributed by atoms with E-state index in [2.05, 4.69) is 4.98 Å². The Kier molecular flexibility index (Phi) is 4.42. The number of alkyl halides is 3. The van der Waals surface area contributed by atoms with Gasteiger partial charge in [0.1, 0.15) is 6.54 Å². The summed E-state index contributed by atoms with van der Waals surface area (Å²) in [6.07, 6.45) is -4.56. The summed E-state index contributed by atoms with van der Waals surface area (Å²) >= 11 is 1.34. The smallest absolute Gasteiger partial charge is 0.406 e. The molecule has 0 saturated heterocycles. The van der Waals surface area contributed by atoms with Crippen molar-refractivity contribution in [1.82, 2.24) is 9.55 Å². The van der Waals surface area contributed by atoms with Crippen molar-refractivity contribution >= 4 is 22.2 Å². The molecule has 3 rings (SSSR count). The van der Waals surface area contributed by atoms with E-state index in [4.69, 9.17) is 9.47 Å². The zero-order chi connectivity index (χ0) is 18.2. The highest BCUT2D eigenvalue weighted by Gasteiger charge is 2.30. The van der Waals surface area contributed by atoms with Gasteiger partial charge < -0.3 is 9.47 Å². The van der Waals surface area contributed by atoms with Crippen molar-refractivity contribution in [3.8, 4) is 22.1 Å². The Morgan fingerprint density at radius 3 is 2.44 bits per heavy atom. The third kappa shape index (κ3) is 3.32. The number of fused-ring (bicyclic) bond motifs is 1. The summed E-state index contributed by atoms with van der Waals surface area (Å²) in [7, 11) is 2.80. The summed E-state index contributed by atoms with van der Waals surface area (Å²) in [5.74, 6) is 0.570. The fourth-order valence-corrected chi connectivity index (χ4v) is 3.26. The first-order chi connectivity index (χ1) is 11.8. The van der Waals surface area contributed by atoms with Gasteiger partial charge in [0.15, 0.2) is 11.5 Å². The molecular weight excluding hydrogens is 357 g/mol. The van der Waals surface area contributed by atoms with E-state index < -0.39 is 18.4 Å². The van der Waals surface area contributed by atoms with E-state index in [9.17, 15) is 18.0 Å². The van der Waals surface area contributed by atoms with Crippen LogP contribution in [0.1, 0.15) is 0 Å². The van der Waals surface area contributed by atoms with Gasteiger partial charge in [0, 0.05) is 11.5 Å². The third-order valence-electron chi connectivity index (χ3n) is 3.58. The van der Waals surface area contributed by atoms with Crippen LogP contribution in [0.5, 0.6) is 11.5 Å². The minimum Gasteiger partial charge on any atom is -0.493 e. The highest BCUT2D eigenvalue weighted by Crippen LogP contribution is 2.37. The minimum absolute atomic E-state index is 0.0818. The Morgan fingerprint density at radius 2 is 1.88 bits per heavy atom. The Balaban J connectivity index is 2.40. The van der Waals surface area contributed by atoms with Crippen molar-refractivity contribution in [2.75, 3.05) is 14.2 Å². The maximum atomic E-state index is 12.9.